The zero-order chi connectivity index (χ0) is 28.3. The molecule has 0 saturated carbocycles. The molecule has 1 N–H and O–H groups in total. The molecule has 2 aliphatic rings. The van der Waals surface area contributed by atoms with Crippen molar-refractivity contribution in [1.29, 1.82) is 0 Å². The van der Waals surface area contributed by atoms with Gasteiger partial charge in [0.25, 0.3) is 0 Å². The van der Waals surface area contributed by atoms with Crippen LogP contribution in [-0.4, -0.2) is 78.9 Å². The Bertz CT molecular complexity index is 1590. The van der Waals surface area contributed by atoms with Gasteiger partial charge >= 0.3 is 5.97 Å². The summed E-state index contributed by atoms with van der Waals surface area (Å²) in [5.41, 5.74) is 2.51. The van der Waals surface area contributed by atoms with Gasteiger partial charge in [0.15, 0.2) is 11.3 Å². The Kier molecular flexibility index (Phi) is 7.45. The zero-order valence-electron chi connectivity index (χ0n) is 22.7. The lowest BCUT2D eigenvalue weighted by atomic mass is 10.1. The van der Waals surface area contributed by atoms with Crippen LogP contribution in [0.15, 0.2) is 48.7 Å². The van der Waals surface area contributed by atoms with Crippen LogP contribution in [-0.2, 0) is 24.4 Å². The largest absolute Gasteiger partial charge is 0.477 e. The lowest BCUT2D eigenvalue weighted by Gasteiger charge is -2.40. The van der Waals surface area contributed by atoms with Gasteiger partial charge in [-0.2, -0.15) is 4.98 Å². The Labute approximate surface area is 237 Å². The van der Waals surface area contributed by atoms with Crippen LogP contribution in [0.25, 0.3) is 16.0 Å². The summed E-state index contributed by atoms with van der Waals surface area (Å²) in [4.78, 5) is 37.8. The van der Waals surface area contributed by atoms with Gasteiger partial charge in [-0.1, -0.05) is 12.1 Å². The minimum absolute atomic E-state index is 0.00897. The number of anilines is 1. The summed E-state index contributed by atoms with van der Waals surface area (Å²) in [5.74, 6) is 1.18. The molecule has 0 bridgehead atoms. The molecule has 4 aromatic rings. The number of carbonyl (C=O) groups is 1. The molecule has 2 fully saturated rings. The molecule has 2 saturated heterocycles. The van der Waals surface area contributed by atoms with Crippen molar-refractivity contribution in [2.24, 2.45) is 0 Å². The first kappa shape index (κ1) is 26.6. The molecule has 4 aromatic heterocycles. The summed E-state index contributed by atoms with van der Waals surface area (Å²) in [7, 11) is 0. The summed E-state index contributed by atoms with van der Waals surface area (Å²) in [6, 6.07) is 12.7. The molecule has 6 rings (SSSR count). The number of imidazole rings is 1. The molecule has 0 unspecified atom stereocenters. The highest BCUT2D eigenvalue weighted by Gasteiger charge is 2.28. The number of nitrogens with zero attached hydrogens (tertiary/aromatic N) is 8. The van der Waals surface area contributed by atoms with E-state index in [1.807, 2.05) is 22.8 Å². The maximum atomic E-state index is 11.5. The quantitative estimate of drug-likeness (QED) is 0.307. The van der Waals surface area contributed by atoms with E-state index >= 15 is 0 Å². The van der Waals surface area contributed by atoms with E-state index in [0.717, 1.165) is 50.0 Å². The van der Waals surface area contributed by atoms with Gasteiger partial charge in [0, 0.05) is 44.5 Å². The molecule has 6 heterocycles. The number of aromatic nitrogens is 5. The molecule has 41 heavy (non-hydrogen) atoms. The third-order valence-corrected chi connectivity index (χ3v) is 7.52. The fourth-order valence-corrected chi connectivity index (χ4v) is 5.11. The lowest BCUT2D eigenvalue weighted by Crippen LogP contribution is -2.52. The molecule has 0 aliphatic carbocycles. The number of rotatable bonds is 9. The maximum Gasteiger partial charge on any atom is 0.354 e. The van der Waals surface area contributed by atoms with Gasteiger partial charge < -0.3 is 24.0 Å². The number of aromatic carboxylic acids is 1. The van der Waals surface area contributed by atoms with Crippen LogP contribution >= 0.6 is 0 Å². The Balaban J connectivity index is 1.13. The predicted molar refractivity (Wildman–Crippen MR) is 150 cm³/mol. The SMILES string of the molecule is [C-]#[N+]c1ccc(COc2cccc(N3CCN(Cc4nc5ccc(C(=O)O)nc5n4C[C@@H]4CCO4)[C@@H](C)C3)n2)nc1. The first-order valence-corrected chi connectivity index (χ1v) is 13.6. The maximum absolute atomic E-state index is 11.5. The van der Waals surface area contributed by atoms with Crippen molar-refractivity contribution in [2.75, 3.05) is 31.1 Å². The molecule has 210 valence electrons. The Hall–Kier alpha value is -4.60. The van der Waals surface area contributed by atoms with Crippen molar-refractivity contribution in [2.45, 2.75) is 45.2 Å². The first-order valence-electron chi connectivity index (χ1n) is 13.6. The number of carboxylic acid groups (broad SMARTS) is 1. The lowest BCUT2D eigenvalue weighted by molar-refractivity contribution is -0.0593. The van der Waals surface area contributed by atoms with Crippen LogP contribution in [0, 0.1) is 6.57 Å². The number of hydrogen-bond acceptors (Lipinski definition) is 9. The van der Waals surface area contributed by atoms with Crippen molar-refractivity contribution >= 4 is 28.6 Å². The first-order chi connectivity index (χ1) is 20.0. The van der Waals surface area contributed by atoms with Crippen LogP contribution in [0.1, 0.15) is 35.4 Å². The monoisotopic (exact) mass is 554 g/mol. The topological polar surface area (TPSA) is 123 Å². The van der Waals surface area contributed by atoms with Gasteiger partial charge in [-0.3, -0.25) is 9.88 Å². The van der Waals surface area contributed by atoms with E-state index in [9.17, 15) is 9.90 Å². The van der Waals surface area contributed by atoms with Crippen LogP contribution in [0.4, 0.5) is 11.5 Å². The number of piperazine rings is 1. The summed E-state index contributed by atoms with van der Waals surface area (Å²) in [5, 5.41) is 9.46. The van der Waals surface area contributed by atoms with Gasteiger partial charge in [0.2, 0.25) is 11.6 Å². The van der Waals surface area contributed by atoms with Crippen LogP contribution in [0.3, 0.4) is 0 Å². The molecule has 0 radical (unpaired) electrons. The van der Waals surface area contributed by atoms with Crippen molar-refractivity contribution in [3.05, 3.63) is 77.3 Å². The van der Waals surface area contributed by atoms with Gasteiger partial charge in [0.1, 0.15) is 23.8 Å². The van der Waals surface area contributed by atoms with Crippen LogP contribution in [0.5, 0.6) is 5.88 Å². The van der Waals surface area contributed by atoms with E-state index in [1.54, 1.807) is 18.2 Å². The number of fused-ring (bicyclic) bond motifs is 1. The average molecular weight is 555 g/mol. The molecule has 0 amide bonds. The number of ether oxygens (including phenoxy) is 2. The molecular formula is C29H30N8O4. The summed E-state index contributed by atoms with van der Waals surface area (Å²) in [6.45, 7) is 13.9. The van der Waals surface area contributed by atoms with Gasteiger partial charge in [-0.05, 0) is 37.6 Å². The third kappa shape index (κ3) is 5.82. The predicted octanol–water partition coefficient (Wildman–Crippen LogP) is 3.55. The number of hydrogen-bond donors (Lipinski definition) is 1. The molecule has 0 spiro atoms. The highest BCUT2D eigenvalue weighted by atomic mass is 16.5. The second-order valence-corrected chi connectivity index (χ2v) is 10.3. The summed E-state index contributed by atoms with van der Waals surface area (Å²) >= 11 is 0. The van der Waals surface area contributed by atoms with Gasteiger partial charge in [-0.15, -0.1) is 0 Å². The Morgan fingerprint density at radius 3 is 2.76 bits per heavy atom. The number of carboxylic acids is 1. The normalized spacial score (nSPS) is 19.1. The number of pyridine rings is 3. The Morgan fingerprint density at radius 1 is 1.17 bits per heavy atom. The second kappa shape index (κ2) is 11.5. The van der Waals surface area contributed by atoms with Crippen molar-refractivity contribution in [3.8, 4) is 5.88 Å². The highest BCUT2D eigenvalue weighted by molar-refractivity contribution is 5.88. The highest BCUT2D eigenvalue weighted by Crippen LogP contribution is 2.25. The minimum atomic E-state index is -1.05. The van der Waals surface area contributed by atoms with E-state index in [-0.39, 0.29) is 24.4 Å². The fourth-order valence-electron chi connectivity index (χ4n) is 5.11. The van der Waals surface area contributed by atoms with E-state index in [4.69, 9.17) is 26.0 Å². The Morgan fingerprint density at radius 2 is 2.05 bits per heavy atom. The van der Waals surface area contributed by atoms with E-state index in [1.165, 1.54) is 12.3 Å². The van der Waals surface area contributed by atoms with E-state index < -0.39 is 5.97 Å². The minimum Gasteiger partial charge on any atom is -0.477 e. The summed E-state index contributed by atoms with van der Waals surface area (Å²) in [6.07, 6.45) is 2.59. The average Bonchev–Trinajstić information content (AvgIpc) is 3.31. The van der Waals surface area contributed by atoms with Crippen LogP contribution < -0.4 is 9.64 Å². The standard InChI is InChI=1S/C29H30N8O4/c1-19-15-36(25-4-3-5-27(34-25)41-18-21-7-6-20(30-2)14-31-21)12-11-35(19)17-26-32-23-8-9-24(29(38)39)33-28(23)37(26)16-22-10-13-40-22/h3-9,14,19,22H,10-13,15-18H2,1H3,(H,38,39)/t19-,22-/m0/s1. The van der Waals surface area contributed by atoms with Crippen LogP contribution in [0.2, 0.25) is 0 Å². The zero-order valence-corrected chi connectivity index (χ0v) is 22.7. The molecule has 2 atom stereocenters. The molecule has 0 aromatic carbocycles. The fraction of sp³-hybridized carbons (Fsp3) is 0.379. The van der Waals surface area contributed by atoms with Crippen molar-refractivity contribution < 1.29 is 19.4 Å². The third-order valence-electron chi connectivity index (χ3n) is 7.52. The van der Waals surface area contributed by atoms with E-state index in [2.05, 4.69) is 31.5 Å². The van der Waals surface area contributed by atoms with Gasteiger partial charge in [-0.25, -0.2) is 19.6 Å². The smallest absolute Gasteiger partial charge is 0.354 e. The van der Waals surface area contributed by atoms with Gasteiger partial charge in [0.05, 0.1) is 31.5 Å². The van der Waals surface area contributed by atoms with E-state index in [0.29, 0.717) is 35.8 Å². The summed E-state index contributed by atoms with van der Waals surface area (Å²) < 4.78 is 13.6. The molecule has 2 aliphatic heterocycles. The van der Waals surface area contributed by atoms with Crippen molar-refractivity contribution in [3.63, 3.8) is 0 Å². The molecule has 12 nitrogen and oxygen atoms in total. The molecule has 12 heteroatoms. The second-order valence-electron chi connectivity index (χ2n) is 10.3. The molecular weight excluding hydrogens is 524 g/mol. The van der Waals surface area contributed by atoms with Crippen molar-refractivity contribution in [1.82, 2.24) is 29.4 Å².